The van der Waals surface area contributed by atoms with Crippen LogP contribution in [0.25, 0.3) is 11.1 Å². The summed E-state index contributed by atoms with van der Waals surface area (Å²) in [5, 5.41) is 13.8. The first-order chi connectivity index (χ1) is 13.5. The van der Waals surface area contributed by atoms with Gasteiger partial charge in [-0.2, -0.15) is 0 Å². The van der Waals surface area contributed by atoms with Gasteiger partial charge in [0.1, 0.15) is 12.6 Å². The number of ether oxygens (including phenoxy) is 1. The van der Waals surface area contributed by atoms with Crippen LogP contribution in [0.3, 0.4) is 0 Å². The SMILES string of the molecule is NCC(=O)NCC(NC(=O)OCC1c2ccccc2-c2ccccc21)C(=O)O. The lowest BCUT2D eigenvalue weighted by Crippen LogP contribution is -2.49. The van der Waals surface area contributed by atoms with Gasteiger partial charge in [0.25, 0.3) is 0 Å². The van der Waals surface area contributed by atoms with E-state index in [1.54, 1.807) is 0 Å². The maximum absolute atomic E-state index is 12.1. The molecule has 5 N–H and O–H groups in total. The van der Waals surface area contributed by atoms with E-state index in [-0.39, 0.29) is 25.6 Å². The van der Waals surface area contributed by atoms with Gasteiger partial charge in [0, 0.05) is 12.5 Å². The van der Waals surface area contributed by atoms with Crippen molar-refractivity contribution in [1.82, 2.24) is 10.6 Å². The number of nitrogens with one attached hydrogen (secondary N) is 2. The minimum Gasteiger partial charge on any atom is -0.480 e. The van der Waals surface area contributed by atoms with Gasteiger partial charge in [0.15, 0.2) is 0 Å². The molecule has 3 rings (SSSR count). The highest BCUT2D eigenvalue weighted by molar-refractivity contribution is 5.83. The topological polar surface area (TPSA) is 131 Å². The van der Waals surface area contributed by atoms with Gasteiger partial charge in [0.05, 0.1) is 6.54 Å². The number of carboxylic acid groups (broad SMARTS) is 1. The van der Waals surface area contributed by atoms with Gasteiger partial charge in [-0.1, -0.05) is 48.5 Å². The zero-order chi connectivity index (χ0) is 20.1. The van der Waals surface area contributed by atoms with E-state index in [0.29, 0.717) is 0 Å². The molecule has 0 bridgehead atoms. The van der Waals surface area contributed by atoms with Crippen molar-refractivity contribution in [1.29, 1.82) is 0 Å². The van der Waals surface area contributed by atoms with Crippen LogP contribution in [0, 0.1) is 0 Å². The van der Waals surface area contributed by atoms with E-state index >= 15 is 0 Å². The van der Waals surface area contributed by atoms with Crippen molar-refractivity contribution in [3.05, 3.63) is 59.7 Å². The van der Waals surface area contributed by atoms with Crippen LogP contribution in [-0.2, 0) is 14.3 Å². The number of rotatable bonds is 7. The van der Waals surface area contributed by atoms with Crippen LogP contribution < -0.4 is 16.4 Å². The summed E-state index contributed by atoms with van der Waals surface area (Å²) in [4.78, 5) is 34.6. The second-order valence-corrected chi connectivity index (χ2v) is 6.37. The smallest absolute Gasteiger partial charge is 0.407 e. The molecule has 0 spiro atoms. The Morgan fingerprint density at radius 1 is 1.04 bits per heavy atom. The summed E-state index contributed by atoms with van der Waals surface area (Å²) in [5.74, 6) is -1.93. The number of hydrogen-bond donors (Lipinski definition) is 4. The number of carboxylic acids is 1. The van der Waals surface area contributed by atoms with Gasteiger partial charge in [0.2, 0.25) is 5.91 Å². The number of carbonyl (C=O) groups is 3. The lowest BCUT2D eigenvalue weighted by Gasteiger charge is -2.17. The fourth-order valence-electron chi connectivity index (χ4n) is 3.27. The highest BCUT2D eigenvalue weighted by Crippen LogP contribution is 2.44. The number of nitrogens with two attached hydrogens (primary N) is 1. The maximum Gasteiger partial charge on any atom is 0.407 e. The number of alkyl carbamates (subject to hydrolysis) is 1. The van der Waals surface area contributed by atoms with Crippen molar-refractivity contribution >= 4 is 18.0 Å². The first kappa shape index (κ1) is 19.4. The Kier molecular flexibility index (Phi) is 5.90. The van der Waals surface area contributed by atoms with E-state index in [1.165, 1.54) is 0 Å². The van der Waals surface area contributed by atoms with E-state index in [1.807, 2.05) is 48.5 Å². The summed E-state index contributed by atoms with van der Waals surface area (Å²) in [6.07, 6.45) is -0.865. The van der Waals surface area contributed by atoms with E-state index < -0.39 is 24.0 Å². The number of aliphatic carboxylic acids is 1. The molecule has 146 valence electrons. The van der Waals surface area contributed by atoms with Crippen LogP contribution in [0.5, 0.6) is 0 Å². The molecule has 2 aromatic carbocycles. The first-order valence-corrected chi connectivity index (χ1v) is 8.82. The Balaban J connectivity index is 1.64. The Morgan fingerprint density at radius 3 is 2.14 bits per heavy atom. The third-order valence-electron chi connectivity index (χ3n) is 4.62. The Labute approximate surface area is 161 Å². The van der Waals surface area contributed by atoms with E-state index in [4.69, 9.17) is 10.5 Å². The quantitative estimate of drug-likeness (QED) is 0.565. The van der Waals surface area contributed by atoms with Crippen LogP contribution in [-0.4, -0.2) is 48.8 Å². The summed E-state index contributed by atoms with van der Waals surface area (Å²) in [6, 6.07) is 14.5. The lowest BCUT2D eigenvalue weighted by molar-refractivity contribution is -0.139. The Bertz CT molecular complexity index is 853. The molecule has 0 aliphatic heterocycles. The van der Waals surface area contributed by atoms with Crippen molar-refractivity contribution in [2.24, 2.45) is 5.73 Å². The molecule has 28 heavy (non-hydrogen) atoms. The molecule has 8 nitrogen and oxygen atoms in total. The molecule has 0 heterocycles. The predicted octanol–water partition coefficient (Wildman–Crippen LogP) is 1.05. The van der Waals surface area contributed by atoms with Gasteiger partial charge < -0.3 is 26.2 Å². The fourth-order valence-corrected chi connectivity index (χ4v) is 3.27. The molecule has 0 aromatic heterocycles. The summed E-state index contributed by atoms with van der Waals surface area (Å²) >= 11 is 0. The van der Waals surface area contributed by atoms with Crippen molar-refractivity contribution in [3.63, 3.8) is 0 Å². The highest BCUT2D eigenvalue weighted by Gasteiger charge is 2.29. The third kappa shape index (κ3) is 4.12. The van der Waals surface area contributed by atoms with Gasteiger partial charge in [-0.15, -0.1) is 0 Å². The molecule has 0 saturated heterocycles. The van der Waals surface area contributed by atoms with E-state index in [0.717, 1.165) is 22.3 Å². The van der Waals surface area contributed by atoms with Crippen LogP contribution in [0.2, 0.25) is 0 Å². The fraction of sp³-hybridized carbons (Fsp3) is 0.250. The Morgan fingerprint density at radius 2 is 1.61 bits per heavy atom. The molecule has 1 atom stereocenters. The average molecular weight is 383 g/mol. The Hall–Kier alpha value is -3.39. The van der Waals surface area contributed by atoms with Gasteiger partial charge in [-0.3, -0.25) is 4.79 Å². The minimum atomic E-state index is -1.31. The summed E-state index contributed by atoms with van der Waals surface area (Å²) in [7, 11) is 0. The first-order valence-electron chi connectivity index (χ1n) is 8.82. The second kappa shape index (κ2) is 8.53. The van der Waals surface area contributed by atoms with E-state index in [2.05, 4.69) is 10.6 Å². The second-order valence-electron chi connectivity index (χ2n) is 6.37. The van der Waals surface area contributed by atoms with Crippen molar-refractivity contribution in [2.75, 3.05) is 19.7 Å². The molecule has 1 aliphatic rings. The van der Waals surface area contributed by atoms with Gasteiger partial charge >= 0.3 is 12.1 Å². The number of carbonyl (C=O) groups excluding carboxylic acids is 2. The summed E-state index contributed by atoms with van der Waals surface area (Å²) in [6.45, 7) is -0.478. The predicted molar refractivity (Wildman–Crippen MR) is 102 cm³/mol. The van der Waals surface area contributed by atoms with Crippen molar-refractivity contribution in [3.8, 4) is 11.1 Å². The maximum atomic E-state index is 12.1. The molecular formula is C20H21N3O5. The largest absolute Gasteiger partial charge is 0.480 e. The van der Waals surface area contributed by atoms with Crippen LogP contribution >= 0.6 is 0 Å². The molecule has 0 saturated carbocycles. The van der Waals surface area contributed by atoms with Crippen molar-refractivity contribution in [2.45, 2.75) is 12.0 Å². The van der Waals surface area contributed by atoms with Gasteiger partial charge in [-0.05, 0) is 22.3 Å². The molecule has 1 aliphatic carbocycles. The molecule has 0 radical (unpaired) electrons. The number of hydrogen-bond acceptors (Lipinski definition) is 5. The zero-order valence-corrected chi connectivity index (χ0v) is 15.1. The molecule has 0 fully saturated rings. The average Bonchev–Trinajstić information content (AvgIpc) is 3.03. The lowest BCUT2D eigenvalue weighted by atomic mass is 9.98. The summed E-state index contributed by atoms with van der Waals surface area (Å²) in [5.41, 5.74) is 9.47. The van der Waals surface area contributed by atoms with Crippen LogP contribution in [0.15, 0.2) is 48.5 Å². The third-order valence-corrected chi connectivity index (χ3v) is 4.62. The highest BCUT2D eigenvalue weighted by atomic mass is 16.5. The van der Waals surface area contributed by atoms with Crippen LogP contribution in [0.1, 0.15) is 17.0 Å². The molecule has 2 aromatic rings. The van der Waals surface area contributed by atoms with Gasteiger partial charge in [-0.25, -0.2) is 9.59 Å². The number of fused-ring (bicyclic) bond motifs is 3. The van der Waals surface area contributed by atoms with Crippen LogP contribution in [0.4, 0.5) is 4.79 Å². The van der Waals surface area contributed by atoms with Crippen molar-refractivity contribution < 1.29 is 24.2 Å². The molecule has 1 unspecified atom stereocenters. The molecular weight excluding hydrogens is 362 g/mol. The number of amides is 2. The van der Waals surface area contributed by atoms with E-state index in [9.17, 15) is 19.5 Å². The zero-order valence-electron chi connectivity index (χ0n) is 15.1. The normalized spacial score (nSPS) is 13.2. The monoisotopic (exact) mass is 383 g/mol. The summed E-state index contributed by atoms with van der Waals surface area (Å²) < 4.78 is 5.30. The minimum absolute atomic E-state index is 0.0708. The standard InChI is InChI=1S/C20H21N3O5/c21-9-18(24)22-10-17(19(25)26)23-20(27)28-11-16-14-7-3-1-5-12(14)13-6-2-4-8-15(13)16/h1-8,16-17H,9-11,21H2,(H,22,24)(H,23,27)(H,25,26). The molecule has 2 amide bonds. The number of benzene rings is 2. The molecule has 8 heteroatoms.